The third-order valence-electron chi connectivity index (χ3n) is 5.93. The summed E-state index contributed by atoms with van der Waals surface area (Å²) in [6.45, 7) is 4.87. The summed E-state index contributed by atoms with van der Waals surface area (Å²) in [5.74, 6) is 0.865. The topological polar surface area (TPSA) is 3.24 Å². The van der Waals surface area contributed by atoms with E-state index in [4.69, 9.17) is 0 Å². The molecule has 0 N–H and O–H groups in total. The number of fused-ring (bicyclic) bond motifs is 3. The van der Waals surface area contributed by atoms with Gasteiger partial charge in [0.05, 0.1) is 0 Å². The Morgan fingerprint density at radius 1 is 1.16 bits per heavy atom. The molecule has 3 aliphatic rings. The summed E-state index contributed by atoms with van der Waals surface area (Å²) in [5, 5.41) is 0. The lowest BCUT2D eigenvalue weighted by Gasteiger charge is -2.41. The Kier molecular flexibility index (Phi) is 3.39. The summed E-state index contributed by atoms with van der Waals surface area (Å²) < 4.78 is 0. The second kappa shape index (κ2) is 4.79. The van der Waals surface area contributed by atoms with E-state index in [1.807, 2.05) is 0 Å². The molecule has 1 heterocycles. The first-order chi connectivity index (χ1) is 8.87. The monoisotopic (exact) mass is 277 g/mol. The Bertz CT molecular complexity index is 472. The molecule has 1 aromatic carbocycles. The molecule has 1 saturated heterocycles. The van der Waals surface area contributed by atoms with Crippen molar-refractivity contribution in [3.8, 4) is 0 Å². The van der Waals surface area contributed by atoms with Crippen molar-refractivity contribution in [3.05, 3.63) is 35.4 Å². The second-order valence-electron chi connectivity index (χ2n) is 6.44. The van der Waals surface area contributed by atoms with E-state index in [0.29, 0.717) is 5.41 Å². The first kappa shape index (κ1) is 13.5. The minimum Gasteiger partial charge on any atom is -0.296 e. The van der Waals surface area contributed by atoms with Crippen LogP contribution in [0, 0.1) is 5.41 Å². The lowest BCUT2D eigenvalue weighted by Crippen LogP contribution is -2.33. The maximum Gasteiger partial charge on any atom is 0.0413 e. The minimum absolute atomic E-state index is 0. The van der Waals surface area contributed by atoms with E-state index in [1.165, 1.54) is 45.2 Å². The van der Waals surface area contributed by atoms with E-state index >= 15 is 0 Å². The smallest absolute Gasteiger partial charge is 0.0413 e. The molecule has 1 spiro atoms. The van der Waals surface area contributed by atoms with Crippen LogP contribution in [-0.2, 0) is 0 Å². The van der Waals surface area contributed by atoms with Crippen LogP contribution in [0.3, 0.4) is 0 Å². The van der Waals surface area contributed by atoms with E-state index in [9.17, 15) is 0 Å². The fourth-order valence-corrected chi connectivity index (χ4v) is 5.26. The fourth-order valence-electron chi connectivity index (χ4n) is 5.26. The van der Waals surface area contributed by atoms with Gasteiger partial charge in [-0.1, -0.05) is 44.0 Å². The van der Waals surface area contributed by atoms with Crippen molar-refractivity contribution >= 4 is 12.4 Å². The Labute approximate surface area is 122 Å². The molecule has 104 valence electrons. The van der Waals surface area contributed by atoms with Crippen molar-refractivity contribution in [3.63, 3.8) is 0 Å². The van der Waals surface area contributed by atoms with Crippen molar-refractivity contribution in [2.45, 2.75) is 51.0 Å². The molecule has 1 aromatic rings. The SMILES string of the molecule is CCN1CCC23CCCCC2c2ccccc2C13.Cl. The fraction of sp³-hybridized carbons (Fsp3) is 0.647. The maximum absolute atomic E-state index is 2.74. The van der Waals surface area contributed by atoms with Crippen LogP contribution in [0.1, 0.15) is 62.1 Å². The molecule has 0 aromatic heterocycles. The Balaban J connectivity index is 0.00000110. The summed E-state index contributed by atoms with van der Waals surface area (Å²) in [7, 11) is 0. The molecule has 2 fully saturated rings. The maximum atomic E-state index is 2.74. The van der Waals surface area contributed by atoms with Crippen LogP contribution < -0.4 is 0 Å². The van der Waals surface area contributed by atoms with E-state index < -0.39 is 0 Å². The molecule has 0 amide bonds. The first-order valence-corrected chi connectivity index (χ1v) is 7.70. The molecule has 1 nitrogen and oxygen atoms in total. The van der Waals surface area contributed by atoms with Crippen LogP contribution in [0.25, 0.3) is 0 Å². The normalized spacial score (nSPS) is 36.3. The van der Waals surface area contributed by atoms with Crippen LogP contribution >= 0.6 is 12.4 Å². The lowest BCUT2D eigenvalue weighted by atomic mass is 9.65. The highest BCUT2D eigenvalue weighted by Gasteiger charge is 2.58. The van der Waals surface area contributed by atoms with E-state index in [1.54, 1.807) is 11.1 Å². The third-order valence-corrected chi connectivity index (χ3v) is 5.93. The van der Waals surface area contributed by atoms with Gasteiger partial charge in [0.25, 0.3) is 0 Å². The van der Waals surface area contributed by atoms with E-state index in [2.05, 4.69) is 36.1 Å². The largest absolute Gasteiger partial charge is 0.296 e. The third kappa shape index (κ3) is 1.64. The molecule has 0 bridgehead atoms. The van der Waals surface area contributed by atoms with Crippen LogP contribution in [-0.4, -0.2) is 18.0 Å². The minimum atomic E-state index is 0. The van der Waals surface area contributed by atoms with Gasteiger partial charge in [0.15, 0.2) is 0 Å². The number of benzene rings is 1. The van der Waals surface area contributed by atoms with Gasteiger partial charge >= 0.3 is 0 Å². The quantitative estimate of drug-likeness (QED) is 0.729. The van der Waals surface area contributed by atoms with E-state index in [-0.39, 0.29) is 12.4 Å². The first-order valence-electron chi connectivity index (χ1n) is 7.70. The van der Waals surface area contributed by atoms with Gasteiger partial charge in [0.2, 0.25) is 0 Å². The highest BCUT2D eigenvalue weighted by atomic mass is 35.5. The molecule has 1 aliphatic heterocycles. The summed E-state index contributed by atoms with van der Waals surface area (Å²) in [6.07, 6.45) is 7.24. The van der Waals surface area contributed by atoms with Gasteiger partial charge < -0.3 is 0 Å². The summed E-state index contributed by atoms with van der Waals surface area (Å²) in [6, 6.07) is 10.1. The van der Waals surface area contributed by atoms with Gasteiger partial charge in [-0.3, -0.25) is 4.90 Å². The van der Waals surface area contributed by atoms with E-state index in [0.717, 1.165) is 12.0 Å². The van der Waals surface area contributed by atoms with Crippen molar-refractivity contribution < 1.29 is 0 Å². The number of hydrogen-bond acceptors (Lipinski definition) is 1. The molecular formula is C17H24ClN. The van der Waals surface area contributed by atoms with Gasteiger partial charge in [0.1, 0.15) is 0 Å². The number of nitrogens with zero attached hydrogens (tertiary/aromatic N) is 1. The van der Waals surface area contributed by atoms with Crippen molar-refractivity contribution in [2.24, 2.45) is 5.41 Å². The number of likely N-dealkylation sites (tertiary alicyclic amines) is 1. The molecule has 2 heteroatoms. The number of halogens is 1. The molecule has 3 unspecified atom stereocenters. The van der Waals surface area contributed by atoms with Gasteiger partial charge in [-0.2, -0.15) is 0 Å². The van der Waals surface area contributed by atoms with Crippen LogP contribution in [0.4, 0.5) is 0 Å². The second-order valence-corrected chi connectivity index (χ2v) is 6.44. The summed E-state index contributed by atoms with van der Waals surface area (Å²) in [4.78, 5) is 2.74. The highest BCUT2D eigenvalue weighted by Crippen LogP contribution is 2.66. The van der Waals surface area contributed by atoms with Gasteiger partial charge in [-0.15, -0.1) is 12.4 Å². The zero-order valence-corrected chi connectivity index (χ0v) is 12.6. The average molecular weight is 278 g/mol. The van der Waals surface area contributed by atoms with Gasteiger partial charge in [-0.25, -0.2) is 0 Å². The predicted octanol–water partition coefficient (Wildman–Crippen LogP) is 4.53. The molecule has 2 aliphatic carbocycles. The zero-order valence-electron chi connectivity index (χ0n) is 11.8. The standard InChI is InChI=1S/C17H23N.ClH/c1-2-18-12-11-17-10-6-5-9-15(17)13-7-3-4-8-14(13)16(17)18;/h3-4,7-8,15-16H,2,5-6,9-12H2,1H3;1H. The van der Waals surface area contributed by atoms with Crippen LogP contribution in [0.15, 0.2) is 24.3 Å². The molecule has 19 heavy (non-hydrogen) atoms. The van der Waals surface area contributed by atoms with Crippen LogP contribution in [0.2, 0.25) is 0 Å². The molecular weight excluding hydrogens is 254 g/mol. The van der Waals surface area contributed by atoms with Crippen molar-refractivity contribution in [1.29, 1.82) is 0 Å². The lowest BCUT2D eigenvalue weighted by molar-refractivity contribution is 0.109. The molecule has 3 atom stereocenters. The summed E-state index contributed by atoms with van der Waals surface area (Å²) in [5.41, 5.74) is 3.97. The molecule has 4 rings (SSSR count). The molecule has 1 saturated carbocycles. The predicted molar refractivity (Wildman–Crippen MR) is 81.9 cm³/mol. The number of hydrogen-bond donors (Lipinski definition) is 0. The van der Waals surface area contributed by atoms with Crippen molar-refractivity contribution in [2.75, 3.05) is 13.1 Å². The van der Waals surface area contributed by atoms with Crippen LogP contribution in [0.5, 0.6) is 0 Å². The molecule has 0 radical (unpaired) electrons. The Hall–Kier alpha value is -0.530. The zero-order chi connectivity index (χ0) is 12.2. The van der Waals surface area contributed by atoms with Gasteiger partial charge in [-0.05, 0) is 54.8 Å². The Morgan fingerprint density at radius 2 is 1.95 bits per heavy atom. The summed E-state index contributed by atoms with van der Waals surface area (Å²) >= 11 is 0. The van der Waals surface area contributed by atoms with Gasteiger partial charge in [0, 0.05) is 6.04 Å². The number of rotatable bonds is 1. The van der Waals surface area contributed by atoms with Crippen molar-refractivity contribution in [1.82, 2.24) is 4.90 Å². The average Bonchev–Trinajstić information content (AvgIpc) is 2.91. The highest BCUT2D eigenvalue weighted by molar-refractivity contribution is 5.85. The Morgan fingerprint density at radius 3 is 2.74 bits per heavy atom.